The zero-order chi connectivity index (χ0) is 12.5. The highest BCUT2D eigenvalue weighted by Crippen LogP contribution is 2.41. The summed E-state index contributed by atoms with van der Waals surface area (Å²) in [4.78, 5) is 24.8. The molecule has 0 aromatic heterocycles. The summed E-state index contributed by atoms with van der Waals surface area (Å²) in [6.45, 7) is 3.44. The average Bonchev–Trinajstić information content (AvgIpc) is 2.75. The van der Waals surface area contributed by atoms with E-state index in [0.29, 0.717) is 0 Å². The average molecular weight is 250 g/mol. The summed E-state index contributed by atoms with van der Waals surface area (Å²) in [6, 6.07) is 0. The molecule has 0 aromatic rings. The first-order valence-corrected chi connectivity index (χ1v) is 6.52. The van der Waals surface area contributed by atoms with Crippen LogP contribution in [0.15, 0.2) is 34.8 Å². The second-order valence-corrected chi connectivity index (χ2v) is 5.02. The van der Waals surface area contributed by atoms with E-state index in [2.05, 4.69) is 6.08 Å². The Morgan fingerprint density at radius 3 is 2.94 bits per heavy atom. The molecule has 4 heteroatoms. The lowest BCUT2D eigenvalue weighted by atomic mass is 9.79. The van der Waals surface area contributed by atoms with Gasteiger partial charge >= 0.3 is 5.97 Å². The summed E-state index contributed by atoms with van der Waals surface area (Å²) >= 11 is 1.64. The summed E-state index contributed by atoms with van der Waals surface area (Å²) in [6.07, 6.45) is 7.31. The Bertz CT molecular complexity index is 459. The van der Waals surface area contributed by atoms with E-state index in [-0.39, 0.29) is 12.4 Å². The minimum atomic E-state index is -1.22. The van der Waals surface area contributed by atoms with E-state index in [9.17, 15) is 9.59 Å². The fourth-order valence-electron chi connectivity index (χ4n) is 1.90. The maximum atomic E-state index is 12.0. The molecular formula is C13H14O3S. The van der Waals surface area contributed by atoms with E-state index in [1.807, 2.05) is 6.08 Å². The van der Waals surface area contributed by atoms with Crippen molar-refractivity contribution < 1.29 is 14.3 Å². The first kappa shape index (κ1) is 12.2. The van der Waals surface area contributed by atoms with E-state index in [4.69, 9.17) is 4.74 Å². The molecule has 17 heavy (non-hydrogen) atoms. The molecule has 0 spiro atoms. The van der Waals surface area contributed by atoms with Gasteiger partial charge in [0.15, 0.2) is 11.2 Å². The van der Waals surface area contributed by atoms with Crippen LogP contribution in [0.2, 0.25) is 0 Å². The fourth-order valence-corrected chi connectivity index (χ4v) is 2.93. The van der Waals surface area contributed by atoms with Crippen LogP contribution in [0, 0.1) is 5.41 Å². The first-order valence-electron chi connectivity index (χ1n) is 5.54. The zero-order valence-electron chi connectivity index (χ0n) is 9.86. The molecule has 0 bridgehead atoms. The van der Waals surface area contributed by atoms with E-state index in [1.165, 1.54) is 6.92 Å². The molecule has 90 valence electrons. The number of thioether (sulfide) groups is 1. The van der Waals surface area contributed by atoms with Crippen LogP contribution in [0.5, 0.6) is 0 Å². The summed E-state index contributed by atoms with van der Waals surface area (Å²) in [5, 5.41) is 0. The van der Waals surface area contributed by atoms with Gasteiger partial charge in [-0.15, -0.1) is 11.8 Å². The third kappa shape index (κ3) is 1.97. The number of allylic oxidation sites excluding steroid dienone is 2. The number of ether oxygens (including phenoxy) is 1. The predicted octanol–water partition coefficient (Wildman–Crippen LogP) is 2.25. The Balaban J connectivity index is 2.41. The van der Waals surface area contributed by atoms with Crippen LogP contribution < -0.4 is 0 Å². The molecule has 1 aliphatic heterocycles. The highest BCUT2D eigenvalue weighted by Gasteiger charge is 2.43. The van der Waals surface area contributed by atoms with Crippen molar-refractivity contribution in [2.75, 3.05) is 12.4 Å². The minimum Gasteiger partial charge on any atom is -0.465 e. The van der Waals surface area contributed by atoms with Crippen molar-refractivity contribution in [2.24, 2.45) is 5.41 Å². The number of esters is 1. The van der Waals surface area contributed by atoms with Crippen LogP contribution >= 0.6 is 11.8 Å². The van der Waals surface area contributed by atoms with Crippen molar-refractivity contribution in [3.63, 3.8) is 0 Å². The van der Waals surface area contributed by atoms with Crippen molar-refractivity contribution in [1.82, 2.24) is 0 Å². The maximum Gasteiger partial charge on any atom is 0.327 e. The van der Waals surface area contributed by atoms with Crippen molar-refractivity contribution in [3.05, 3.63) is 34.8 Å². The van der Waals surface area contributed by atoms with Gasteiger partial charge in [-0.25, -0.2) is 0 Å². The summed E-state index contributed by atoms with van der Waals surface area (Å²) < 4.78 is 5.01. The summed E-state index contributed by atoms with van der Waals surface area (Å²) in [5.74, 6) is 0.205. The fraction of sp³-hybridized carbons (Fsp3) is 0.385. The highest BCUT2D eigenvalue weighted by atomic mass is 32.2. The molecule has 1 atom stereocenters. The van der Waals surface area contributed by atoms with Crippen molar-refractivity contribution in [2.45, 2.75) is 13.8 Å². The predicted molar refractivity (Wildman–Crippen MR) is 67.5 cm³/mol. The van der Waals surface area contributed by atoms with Gasteiger partial charge in [0.2, 0.25) is 0 Å². The Morgan fingerprint density at radius 1 is 1.53 bits per heavy atom. The smallest absolute Gasteiger partial charge is 0.327 e. The number of Topliss-reactive ketones (excluding diaryl/α,β-unsaturated/α-hetero) is 1. The SMILES string of the molecule is CCOC(=O)C1(C(C)=O)C=CC2=CCSC2=C1. The topological polar surface area (TPSA) is 43.4 Å². The van der Waals surface area contributed by atoms with Crippen molar-refractivity contribution >= 4 is 23.5 Å². The molecule has 1 heterocycles. The van der Waals surface area contributed by atoms with E-state index in [1.54, 1.807) is 30.8 Å². The molecule has 0 amide bonds. The standard InChI is InChI=1S/C13H14O3S/c1-3-16-12(15)13(9(2)14)6-4-10-5-7-17-11(10)8-13/h4-6,8H,3,7H2,1-2H3. The Morgan fingerprint density at radius 2 is 2.29 bits per heavy atom. The summed E-state index contributed by atoms with van der Waals surface area (Å²) in [5.41, 5.74) is -0.129. The second-order valence-electron chi connectivity index (χ2n) is 3.96. The van der Waals surface area contributed by atoms with Crippen molar-refractivity contribution in [1.29, 1.82) is 0 Å². The van der Waals surface area contributed by atoms with Crippen LogP contribution in [0.1, 0.15) is 13.8 Å². The maximum absolute atomic E-state index is 12.0. The third-order valence-corrected chi connectivity index (χ3v) is 3.90. The molecule has 0 fully saturated rings. The second kappa shape index (κ2) is 4.53. The first-order chi connectivity index (χ1) is 8.10. The number of hydrogen-bond donors (Lipinski definition) is 0. The van der Waals surface area contributed by atoms with Crippen LogP contribution in [0.25, 0.3) is 0 Å². The molecule has 0 N–H and O–H groups in total. The normalized spacial score (nSPS) is 26.0. The Kier molecular flexibility index (Phi) is 3.24. The lowest BCUT2D eigenvalue weighted by molar-refractivity contribution is -0.153. The number of hydrogen-bond acceptors (Lipinski definition) is 4. The molecule has 0 saturated carbocycles. The Hall–Kier alpha value is -1.29. The number of carbonyl (C=O) groups excluding carboxylic acids is 2. The van der Waals surface area contributed by atoms with Gasteiger partial charge in [0.25, 0.3) is 0 Å². The van der Waals surface area contributed by atoms with E-state index < -0.39 is 11.4 Å². The quantitative estimate of drug-likeness (QED) is 0.569. The van der Waals surface area contributed by atoms with Crippen LogP contribution in [0.3, 0.4) is 0 Å². The number of rotatable bonds is 3. The van der Waals surface area contributed by atoms with Crippen LogP contribution in [-0.2, 0) is 14.3 Å². The molecule has 2 rings (SSSR count). The zero-order valence-corrected chi connectivity index (χ0v) is 10.7. The molecule has 0 saturated heterocycles. The van der Waals surface area contributed by atoms with Gasteiger partial charge in [0, 0.05) is 10.7 Å². The minimum absolute atomic E-state index is 0.203. The lowest BCUT2D eigenvalue weighted by Crippen LogP contribution is -2.37. The highest BCUT2D eigenvalue weighted by molar-refractivity contribution is 8.03. The van der Waals surface area contributed by atoms with Gasteiger partial charge in [0.05, 0.1) is 6.61 Å². The molecule has 3 nitrogen and oxygen atoms in total. The molecular weight excluding hydrogens is 236 g/mol. The van der Waals surface area contributed by atoms with Crippen LogP contribution in [0.4, 0.5) is 0 Å². The van der Waals surface area contributed by atoms with Crippen molar-refractivity contribution in [3.8, 4) is 0 Å². The van der Waals surface area contributed by atoms with Gasteiger partial charge in [0.1, 0.15) is 0 Å². The van der Waals surface area contributed by atoms with Gasteiger partial charge < -0.3 is 4.74 Å². The number of ketones is 1. The molecule has 0 aromatic carbocycles. The lowest BCUT2D eigenvalue weighted by Gasteiger charge is -2.25. The third-order valence-electron chi connectivity index (χ3n) is 2.91. The number of carbonyl (C=O) groups is 2. The largest absolute Gasteiger partial charge is 0.465 e. The monoisotopic (exact) mass is 250 g/mol. The molecule has 0 radical (unpaired) electrons. The Labute approximate surface area is 105 Å². The van der Waals surface area contributed by atoms with E-state index >= 15 is 0 Å². The van der Waals surface area contributed by atoms with Gasteiger partial charge in [-0.05, 0) is 25.5 Å². The molecule has 2 aliphatic rings. The van der Waals surface area contributed by atoms with Gasteiger partial charge in [-0.1, -0.05) is 18.2 Å². The number of fused-ring (bicyclic) bond motifs is 1. The van der Waals surface area contributed by atoms with Gasteiger partial charge in [-0.2, -0.15) is 0 Å². The molecule has 1 aliphatic carbocycles. The van der Waals surface area contributed by atoms with Gasteiger partial charge in [-0.3, -0.25) is 9.59 Å². The van der Waals surface area contributed by atoms with Crippen LogP contribution in [-0.4, -0.2) is 24.1 Å². The summed E-state index contributed by atoms with van der Waals surface area (Å²) in [7, 11) is 0. The van der Waals surface area contributed by atoms with E-state index in [0.717, 1.165) is 16.2 Å². The molecule has 1 unspecified atom stereocenters.